The molecule has 0 radical (unpaired) electrons. The highest BCUT2D eigenvalue weighted by atomic mass is 16.4. The van der Waals surface area contributed by atoms with Gasteiger partial charge in [0.2, 0.25) is 0 Å². The van der Waals surface area contributed by atoms with E-state index in [0.29, 0.717) is 11.3 Å². The number of nitrogens with zero attached hydrogens (tertiary/aromatic N) is 4. The summed E-state index contributed by atoms with van der Waals surface area (Å²) in [5, 5.41) is 16.0. The summed E-state index contributed by atoms with van der Waals surface area (Å²) in [4.78, 5) is 16.1. The van der Waals surface area contributed by atoms with Gasteiger partial charge in [-0.25, -0.2) is 4.79 Å². The minimum Gasteiger partial charge on any atom is -0.478 e. The van der Waals surface area contributed by atoms with Gasteiger partial charge < -0.3 is 15.3 Å². The van der Waals surface area contributed by atoms with Crippen LogP contribution in [0.15, 0.2) is 17.2 Å². The van der Waals surface area contributed by atoms with E-state index in [2.05, 4.69) is 20.2 Å². The molecule has 1 aliphatic rings. The van der Waals surface area contributed by atoms with Gasteiger partial charge in [-0.2, -0.15) is 0 Å². The van der Waals surface area contributed by atoms with Crippen LogP contribution in [0, 0.1) is 6.92 Å². The number of rotatable bonds is 3. The van der Waals surface area contributed by atoms with Gasteiger partial charge in [-0.15, -0.1) is 0 Å². The molecule has 1 heterocycles. The molecule has 0 unspecified atom stereocenters. The maximum Gasteiger partial charge on any atom is 0.336 e. The second-order valence-electron chi connectivity index (χ2n) is 4.37. The van der Waals surface area contributed by atoms with Gasteiger partial charge >= 0.3 is 5.97 Å². The fourth-order valence-corrected chi connectivity index (χ4v) is 2.25. The van der Waals surface area contributed by atoms with E-state index in [0.717, 1.165) is 31.9 Å². The fraction of sp³-hybridized carbons (Fsp3) is 0.417. The monoisotopic (exact) mass is 261 g/mol. The van der Waals surface area contributed by atoms with Crippen LogP contribution in [0.2, 0.25) is 0 Å². The van der Waals surface area contributed by atoms with Crippen LogP contribution in [-0.2, 0) is 0 Å². The topological polar surface area (TPSA) is 101 Å². The smallest absolute Gasteiger partial charge is 0.336 e. The molecule has 1 saturated heterocycles. The Morgan fingerprint density at radius 3 is 2.74 bits per heavy atom. The predicted octanol–water partition coefficient (Wildman–Crippen LogP) is 2.04. The van der Waals surface area contributed by atoms with Crippen molar-refractivity contribution in [1.29, 1.82) is 0 Å². The van der Waals surface area contributed by atoms with Crippen LogP contribution >= 0.6 is 0 Å². The van der Waals surface area contributed by atoms with Gasteiger partial charge in [0.1, 0.15) is 0 Å². The van der Waals surface area contributed by atoms with Gasteiger partial charge in [-0.05, 0) is 30.2 Å². The lowest BCUT2D eigenvalue weighted by molar-refractivity contribution is 0.0696. The maximum atomic E-state index is 11.2. The lowest BCUT2D eigenvalue weighted by atomic mass is 10.0. The number of carbonyl (C=O) groups is 1. The van der Waals surface area contributed by atoms with Crippen LogP contribution in [0.4, 0.5) is 11.4 Å². The van der Waals surface area contributed by atoms with Gasteiger partial charge in [-0.3, -0.25) is 0 Å². The van der Waals surface area contributed by atoms with Crippen molar-refractivity contribution >= 4 is 17.3 Å². The summed E-state index contributed by atoms with van der Waals surface area (Å²) in [7, 11) is 0. The molecule has 2 N–H and O–H groups in total. The normalized spacial score (nSPS) is 14.9. The van der Waals surface area contributed by atoms with Crippen molar-refractivity contribution in [2.75, 3.05) is 31.1 Å². The van der Waals surface area contributed by atoms with E-state index < -0.39 is 5.97 Å². The van der Waals surface area contributed by atoms with Crippen molar-refractivity contribution in [2.45, 2.75) is 6.92 Å². The van der Waals surface area contributed by atoms with Crippen molar-refractivity contribution in [3.05, 3.63) is 33.7 Å². The molecule has 2 rings (SSSR count). The SMILES string of the molecule is Cc1c(C(=O)O)cc(N=[N+]=[N-])cc1N1CCNCC1. The first kappa shape index (κ1) is 13.2. The van der Waals surface area contributed by atoms with Gasteiger partial charge in [0, 0.05) is 42.5 Å². The predicted molar refractivity (Wildman–Crippen MR) is 72.0 cm³/mol. The Morgan fingerprint density at radius 1 is 1.47 bits per heavy atom. The molecule has 1 aliphatic heterocycles. The molecule has 0 saturated carbocycles. The summed E-state index contributed by atoms with van der Waals surface area (Å²) in [6.45, 7) is 5.10. The van der Waals surface area contributed by atoms with E-state index in [-0.39, 0.29) is 5.56 Å². The third kappa shape index (κ3) is 2.78. The average Bonchev–Trinajstić information content (AvgIpc) is 2.41. The van der Waals surface area contributed by atoms with Crippen molar-refractivity contribution in [2.24, 2.45) is 5.11 Å². The minimum atomic E-state index is -1.01. The molecule has 1 fully saturated rings. The number of anilines is 1. The number of benzene rings is 1. The largest absolute Gasteiger partial charge is 0.478 e. The Bertz CT molecular complexity index is 545. The maximum absolute atomic E-state index is 11.2. The highest BCUT2D eigenvalue weighted by Gasteiger charge is 2.18. The van der Waals surface area contributed by atoms with E-state index in [1.54, 1.807) is 13.0 Å². The van der Waals surface area contributed by atoms with Crippen LogP contribution in [0.3, 0.4) is 0 Å². The van der Waals surface area contributed by atoms with Crippen LogP contribution in [-0.4, -0.2) is 37.3 Å². The molecule has 1 aromatic carbocycles. The fourth-order valence-electron chi connectivity index (χ4n) is 2.25. The van der Waals surface area contributed by atoms with Crippen molar-refractivity contribution in [3.8, 4) is 0 Å². The van der Waals surface area contributed by atoms with Crippen molar-refractivity contribution in [3.63, 3.8) is 0 Å². The summed E-state index contributed by atoms with van der Waals surface area (Å²) in [5.74, 6) is -1.01. The number of hydrogen-bond acceptors (Lipinski definition) is 4. The quantitative estimate of drug-likeness (QED) is 0.494. The second kappa shape index (κ2) is 5.60. The Balaban J connectivity index is 2.50. The molecule has 0 aromatic heterocycles. The number of hydrogen-bond donors (Lipinski definition) is 2. The van der Waals surface area contributed by atoms with E-state index in [9.17, 15) is 9.90 Å². The van der Waals surface area contributed by atoms with Crippen molar-refractivity contribution in [1.82, 2.24) is 5.32 Å². The van der Waals surface area contributed by atoms with Gasteiger partial charge in [0.25, 0.3) is 0 Å². The number of nitrogens with one attached hydrogen (secondary N) is 1. The number of aromatic carboxylic acids is 1. The van der Waals surface area contributed by atoms with Gasteiger partial charge in [0.15, 0.2) is 0 Å². The summed E-state index contributed by atoms with van der Waals surface area (Å²) in [6.07, 6.45) is 0. The Morgan fingerprint density at radius 2 is 2.16 bits per heavy atom. The second-order valence-corrected chi connectivity index (χ2v) is 4.37. The van der Waals surface area contributed by atoms with E-state index in [1.807, 2.05) is 0 Å². The summed E-state index contributed by atoms with van der Waals surface area (Å²) in [5.41, 5.74) is 10.5. The molecule has 0 aliphatic carbocycles. The molecular formula is C12H15N5O2. The summed E-state index contributed by atoms with van der Waals surface area (Å²) < 4.78 is 0. The number of carboxylic acid groups (broad SMARTS) is 1. The molecule has 7 heteroatoms. The zero-order valence-electron chi connectivity index (χ0n) is 10.6. The minimum absolute atomic E-state index is 0.179. The zero-order chi connectivity index (χ0) is 13.8. The number of azide groups is 1. The number of carboxylic acids is 1. The lowest BCUT2D eigenvalue weighted by Gasteiger charge is -2.31. The number of piperazine rings is 1. The standard InChI is InChI=1S/C12H15N5O2/c1-8-10(12(18)19)6-9(15-16-13)7-11(8)17-4-2-14-3-5-17/h6-7,14H,2-5H2,1H3,(H,18,19). The first-order valence-corrected chi connectivity index (χ1v) is 6.02. The first-order chi connectivity index (χ1) is 9.13. The van der Waals surface area contributed by atoms with Gasteiger partial charge in [-0.1, -0.05) is 5.11 Å². The van der Waals surface area contributed by atoms with Crippen LogP contribution in [0.25, 0.3) is 10.4 Å². The molecule has 100 valence electrons. The molecule has 0 spiro atoms. The zero-order valence-corrected chi connectivity index (χ0v) is 10.6. The Kier molecular flexibility index (Phi) is 3.89. The van der Waals surface area contributed by atoms with E-state index in [1.165, 1.54) is 6.07 Å². The molecule has 1 aromatic rings. The summed E-state index contributed by atoms with van der Waals surface area (Å²) in [6, 6.07) is 3.15. The Hall–Kier alpha value is -2.24. The molecule has 0 bridgehead atoms. The summed E-state index contributed by atoms with van der Waals surface area (Å²) >= 11 is 0. The van der Waals surface area contributed by atoms with Crippen LogP contribution < -0.4 is 10.2 Å². The molecule has 19 heavy (non-hydrogen) atoms. The van der Waals surface area contributed by atoms with E-state index in [4.69, 9.17) is 5.53 Å². The molecule has 0 amide bonds. The van der Waals surface area contributed by atoms with Crippen molar-refractivity contribution < 1.29 is 9.90 Å². The molecular weight excluding hydrogens is 246 g/mol. The third-order valence-electron chi connectivity index (χ3n) is 3.21. The van der Waals surface area contributed by atoms with Crippen LogP contribution in [0.5, 0.6) is 0 Å². The molecule has 0 atom stereocenters. The lowest BCUT2D eigenvalue weighted by Crippen LogP contribution is -2.43. The average molecular weight is 261 g/mol. The highest BCUT2D eigenvalue weighted by molar-refractivity contribution is 5.92. The van der Waals surface area contributed by atoms with Gasteiger partial charge in [0.05, 0.1) is 5.56 Å². The van der Waals surface area contributed by atoms with Crippen LogP contribution in [0.1, 0.15) is 15.9 Å². The molecule has 7 nitrogen and oxygen atoms in total. The highest BCUT2D eigenvalue weighted by Crippen LogP contribution is 2.30. The third-order valence-corrected chi connectivity index (χ3v) is 3.21. The first-order valence-electron chi connectivity index (χ1n) is 6.02. The van der Waals surface area contributed by atoms with E-state index >= 15 is 0 Å². The Labute approximate surface area is 110 Å².